The van der Waals surface area contributed by atoms with Crippen molar-refractivity contribution >= 4 is 28.4 Å². The van der Waals surface area contributed by atoms with E-state index in [1.165, 1.54) is 11.3 Å². The average molecular weight is 282 g/mol. The second kappa shape index (κ2) is 5.16. The number of carbonyl (C=O) groups excluding carboxylic acids is 2. The number of aryl methyl sites for hydroxylation is 1. The van der Waals surface area contributed by atoms with Crippen molar-refractivity contribution in [2.45, 2.75) is 20.8 Å². The molecular formula is C12H18N4O2S. The maximum absolute atomic E-state index is 12.2. The number of carbonyl (C=O) groups is 2. The van der Waals surface area contributed by atoms with Crippen LogP contribution >= 0.6 is 11.3 Å². The molecule has 0 bridgehead atoms. The monoisotopic (exact) mass is 282 g/mol. The molecule has 6 nitrogen and oxygen atoms in total. The maximum Gasteiger partial charge on any atom is 0.326 e. The minimum absolute atomic E-state index is 0.0431. The number of anilines is 1. The number of nitrogens with two attached hydrogens (primary N) is 1. The van der Waals surface area contributed by atoms with Crippen molar-refractivity contribution in [3.05, 3.63) is 10.6 Å². The highest BCUT2D eigenvalue weighted by molar-refractivity contribution is 7.17. The van der Waals surface area contributed by atoms with Gasteiger partial charge in [0.1, 0.15) is 4.88 Å². The zero-order valence-corrected chi connectivity index (χ0v) is 12.2. The summed E-state index contributed by atoms with van der Waals surface area (Å²) in [5.41, 5.74) is 5.86. The van der Waals surface area contributed by atoms with Crippen molar-refractivity contribution in [1.82, 2.24) is 9.88 Å². The van der Waals surface area contributed by atoms with Crippen molar-refractivity contribution in [3.63, 3.8) is 0 Å². The van der Waals surface area contributed by atoms with E-state index in [4.69, 9.17) is 5.73 Å². The van der Waals surface area contributed by atoms with E-state index >= 15 is 0 Å². The lowest BCUT2D eigenvalue weighted by atomic mass is 10.2. The van der Waals surface area contributed by atoms with Gasteiger partial charge in [-0.25, -0.2) is 9.78 Å². The van der Waals surface area contributed by atoms with Crippen molar-refractivity contribution < 1.29 is 9.59 Å². The van der Waals surface area contributed by atoms with Gasteiger partial charge in [0.2, 0.25) is 0 Å². The molecule has 2 N–H and O–H groups in total. The molecule has 0 atom stereocenters. The Hall–Kier alpha value is -1.63. The second-order valence-electron chi connectivity index (χ2n) is 5.05. The molecule has 1 aromatic heterocycles. The molecule has 1 saturated heterocycles. The molecule has 2 rings (SSSR count). The fourth-order valence-corrected chi connectivity index (χ4v) is 3.04. The molecule has 104 valence electrons. The van der Waals surface area contributed by atoms with E-state index in [0.29, 0.717) is 34.7 Å². The molecule has 1 aliphatic rings. The number of primary amides is 1. The summed E-state index contributed by atoms with van der Waals surface area (Å²) < 4.78 is 0. The predicted molar refractivity (Wildman–Crippen MR) is 74.5 cm³/mol. The zero-order valence-electron chi connectivity index (χ0n) is 11.3. The molecule has 0 unspecified atom stereocenters. The lowest BCUT2D eigenvalue weighted by Crippen LogP contribution is -2.34. The van der Waals surface area contributed by atoms with Gasteiger partial charge in [0, 0.05) is 19.6 Å². The predicted octanol–water partition coefficient (Wildman–Crippen LogP) is 1.45. The van der Waals surface area contributed by atoms with Gasteiger partial charge >= 0.3 is 6.03 Å². The second-order valence-corrected chi connectivity index (χ2v) is 6.03. The fourth-order valence-electron chi connectivity index (χ4n) is 2.10. The first-order valence-electron chi connectivity index (χ1n) is 6.23. The Balaban J connectivity index is 2.18. The van der Waals surface area contributed by atoms with E-state index in [1.807, 2.05) is 4.90 Å². The fraction of sp³-hybridized carbons (Fsp3) is 0.583. The zero-order chi connectivity index (χ0) is 14.2. The maximum atomic E-state index is 12.2. The van der Waals surface area contributed by atoms with Gasteiger partial charge in [0.05, 0.1) is 5.69 Å². The Kier molecular flexibility index (Phi) is 3.75. The molecule has 0 radical (unpaired) electrons. The lowest BCUT2D eigenvalue weighted by Gasteiger charge is -2.18. The van der Waals surface area contributed by atoms with E-state index in [2.05, 4.69) is 18.8 Å². The van der Waals surface area contributed by atoms with Crippen LogP contribution in [0.15, 0.2) is 0 Å². The highest BCUT2D eigenvalue weighted by Gasteiger charge is 2.32. The number of aromatic nitrogens is 1. The molecule has 0 aliphatic carbocycles. The Morgan fingerprint density at radius 1 is 1.47 bits per heavy atom. The Bertz CT molecular complexity index is 512. The van der Waals surface area contributed by atoms with Gasteiger partial charge in [-0.05, 0) is 12.8 Å². The van der Waals surface area contributed by atoms with Crippen LogP contribution in [0.1, 0.15) is 29.2 Å². The molecule has 1 fully saturated rings. The molecule has 2 heterocycles. The van der Waals surface area contributed by atoms with E-state index in [1.54, 1.807) is 11.8 Å². The first-order valence-corrected chi connectivity index (χ1v) is 7.05. The highest BCUT2D eigenvalue weighted by Crippen LogP contribution is 2.28. The van der Waals surface area contributed by atoms with Crippen LogP contribution in [0, 0.1) is 12.8 Å². The first-order chi connectivity index (χ1) is 8.90. The standard InChI is InChI=1S/C12H18N4O2S/c1-7(2)6-15-4-5-16(12(15)18)11-14-8(3)9(19-11)10(13)17/h7H,4-6H2,1-3H3,(H2,13,17). The largest absolute Gasteiger partial charge is 0.365 e. The van der Waals surface area contributed by atoms with E-state index < -0.39 is 5.91 Å². The molecule has 0 aromatic carbocycles. The van der Waals surface area contributed by atoms with Crippen LogP contribution in [0.2, 0.25) is 0 Å². The van der Waals surface area contributed by atoms with Gasteiger partial charge < -0.3 is 10.6 Å². The van der Waals surface area contributed by atoms with Gasteiger partial charge in [-0.1, -0.05) is 25.2 Å². The van der Waals surface area contributed by atoms with Crippen molar-refractivity contribution in [3.8, 4) is 0 Å². The Morgan fingerprint density at radius 2 is 2.16 bits per heavy atom. The third-order valence-corrected chi connectivity index (χ3v) is 4.12. The number of amides is 3. The third-order valence-electron chi connectivity index (χ3n) is 2.92. The number of hydrogen-bond donors (Lipinski definition) is 1. The van der Waals surface area contributed by atoms with Crippen LogP contribution in [0.3, 0.4) is 0 Å². The summed E-state index contributed by atoms with van der Waals surface area (Å²) in [6.07, 6.45) is 0. The molecule has 0 spiro atoms. The van der Waals surface area contributed by atoms with Crippen LogP contribution in [0.5, 0.6) is 0 Å². The van der Waals surface area contributed by atoms with Crippen LogP contribution < -0.4 is 10.6 Å². The van der Waals surface area contributed by atoms with Gasteiger partial charge in [0.15, 0.2) is 5.13 Å². The van der Waals surface area contributed by atoms with E-state index in [9.17, 15) is 9.59 Å². The molecule has 7 heteroatoms. The molecule has 0 saturated carbocycles. The lowest BCUT2D eigenvalue weighted by molar-refractivity contribution is 0.100. The normalized spacial score (nSPS) is 15.7. The topological polar surface area (TPSA) is 79.5 Å². The summed E-state index contributed by atoms with van der Waals surface area (Å²) >= 11 is 1.18. The summed E-state index contributed by atoms with van der Waals surface area (Å²) in [6, 6.07) is -0.0431. The SMILES string of the molecule is Cc1nc(N2CCN(CC(C)C)C2=O)sc1C(N)=O. The highest BCUT2D eigenvalue weighted by atomic mass is 32.1. The van der Waals surface area contributed by atoms with Gasteiger partial charge in [-0.15, -0.1) is 0 Å². The number of urea groups is 1. The number of nitrogens with zero attached hydrogens (tertiary/aromatic N) is 3. The van der Waals surface area contributed by atoms with Crippen LogP contribution in [-0.4, -0.2) is 41.5 Å². The van der Waals surface area contributed by atoms with Gasteiger partial charge in [-0.3, -0.25) is 9.69 Å². The quantitative estimate of drug-likeness (QED) is 0.907. The summed E-state index contributed by atoms with van der Waals surface area (Å²) in [7, 11) is 0. The van der Waals surface area contributed by atoms with Crippen LogP contribution in [0.25, 0.3) is 0 Å². The van der Waals surface area contributed by atoms with Crippen molar-refractivity contribution in [2.24, 2.45) is 11.7 Å². The Morgan fingerprint density at radius 3 is 2.68 bits per heavy atom. The first kappa shape index (κ1) is 13.8. The van der Waals surface area contributed by atoms with Gasteiger partial charge in [0.25, 0.3) is 5.91 Å². The Labute approximate surface area is 116 Å². The van der Waals surface area contributed by atoms with Gasteiger partial charge in [-0.2, -0.15) is 0 Å². The third kappa shape index (κ3) is 2.70. The average Bonchev–Trinajstić information content (AvgIpc) is 2.83. The number of hydrogen-bond acceptors (Lipinski definition) is 4. The summed E-state index contributed by atoms with van der Waals surface area (Å²) in [4.78, 5) is 31.6. The summed E-state index contributed by atoms with van der Waals surface area (Å²) in [5, 5.41) is 0.558. The smallest absolute Gasteiger partial charge is 0.326 e. The van der Waals surface area contributed by atoms with Crippen molar-refractivity contribution in [2.75, 3.05) is 24.5 Å². The molecule has 19 heavy (non-hydrogen) atoms. The molecule has 1 aromatic rings. The van der Waals surface area contributed by atoms with Crippen molar-refractivity contribution in [1.29, 1.82) is 0 Å². The molecular weight excluding hydrogens is 264 g/mol. The molecule has 1 aliphatic heterocycles. The van der Waals surface area contributed by atoms with E-state index in [0.717, 1.165) is 6.54 Å². The van der Waals surface area contributed by atoms with Crippen LogP contribution in [0.4, 0.5) is 9.93 Å². The minimum Gasteiger partial charge on any atom is -0.365 e. The molecule has 3 amide bonds. The van der Waals surface area contributed by atoms with Crippen LogP contribution in [-0.2, 0) is 0 Å². The minimum atomic E-state index is -0.494. The van der Waals surface area contributed by atoms with E-state index in [-0.39, 0.29) is 6.03 Å². The summed E-state index contributed by atoms with van der Waals surface area (Å²) in [6.45, 7) is 7.93. The number of thiazole rings is 1. The summed E-state index contributed by atoms with van der Waals surface area (Å²) in [5.74, 6) is -0.0601. The number of rotatable bonds is 4.